The van der Waals surface area contributed by atoms with Gasteiger partial charge in [-0.3, -0.25) is 0 Å². The first-order valence-corrected chi connectivity index (χ1v) is 7.20. The molecule has 0 aliphatic rings. The number of nitrogens with one attached hydrogen (secondary N) is 1. The van der Waals surface area contributed by atoms with E-state index < -0.39 is 10.0 Å². The van der Waals surface area contributed by atoms with Gasteiger partial charge in [-0.2, -0.15) is 0 Å². The molecule has 0 amide bonds. The van der Waals surface area contributed by atoms with E-state index in [2.05, 4.69) is 4.72 Å². The molecular formula is C11H9Cl2NO3S. The normalized spacial score (nSPS) is 11.7. The van der Waals surface area contributed by atoms with Crippen LogP contribution in [0.25, 0.3) is 0 Å². The number of benzene rings is 1. The third kappa shape index (κ3) is 2.87. The van der Waals surface area contributed by atoms with Crippen LogP contribution in [0, 0.1) is 0 Å². The highest BCUT2D eigenvalue weighted by Crippen LogP contribution is 2.28. The van der Waals surface area contributed by atoms with E-state index in [1.54, 1.807) is 12.1 Å². The Hall–Kier alpha value is -1.01. The molecule has 1 N–H and O–H groups in total. The number of hydrogen-bond acceptors (Lipinski definition) is 3. The maximum atomic E-state index is 12.0. The Morgan fingerprint density at radius 2 is 1.94 bits per heavy atom. The summed E-state index contributed by atoms with van der Waals surface area (Å²) in [5.74, 6) is 0.511. The lowest BCUT2D eigenvalue weighted by Crippen LogP contribution is -2.23. The van der Waals surface area contributed by atoms with Crippen LogP contribution in [0.2, 0.25) is 10.0 Å². The van der Waals surface area contributed by atoms with Crippen LogP contribution < -0.4 is 4.72 Å². The molecule has 0 fully saturated rings. The van der Waals surface area contributed by atoms with Crippen molar-refractivity contribution in [2.24, 2.45) is 0 Å². The van der Waals surface area contributed by atoms with Gasteiger partial charge in [-0.05, 0) is 24.3 Å². The summed E-state index contributed by atoms with van der Waals surface area (Å²) >= 11 is 11.6. The van der Waals surface area contributed by atoms with E-state index in [9.17, 15) is 8.42 Å². The largest absolute Gasteiger partial charge is 0.468 e. The van der Waals surface area contributed by atoms with Gasteiger partial charge in [-0.25, -0.2) is 13.1 Å². The Bertz CT molecular complexity index is 638. The van der Waals surface area contributed by atoms with E-state index in [-0.39, 0.29) is 21.5 Å². The molecule has 0 aliphatic heterocycles. The minimum absolute atomic E-state index is 0.00566. The monoisotopic (exact) mass is 305 g/mol. The second-order valence-corrected chi connectivity index (χ2v) is 5.98. The lowest BCUT2D eigenvalue weighted by atomic mass is 10.4. The molecule has 0 aliphatic carbocycles. The molecule has 0 atom stereocenters. The summed E-state index contributed by atoms with van der Waals surface area (Å²) in [7, 11) is -3.72. The second kappa shape index (κ2) is 5.32. The molecule has 7 heteroatoms. The van der Waals surface area contributed by atoms with Crippen molar-refractivity contribution < 1.29 is 12.8 Å². The van der Waals surface area contributed by atoms with Crippen molar-refractivity contribution in [3.8, 4) is 0 Å². The molecule has 1 aromatic heterocycles. The van der Waals surface area contributed by atoms with E-state index >= 15 is 0 Å². The third-order valence-corrected chi connectivity index (χ3v) is 4.60. The van der Waals surface area contributed by atoms with Gasteiger partial charge in [-0.15, -0.1) is 0 Å². The first-order valence-electron chi connectivity index (χ1n) is 4.97. The fourth-order valence-electron chi connectivity index (χ4n) is 1.35. The maximum Gasteiger partial charge on any atom is 0.242 e. The number of halogens is 2. The smallest absolute Gasteiger partial charge is 0.242 e. The van der Waals surface area contributed by atoms with Crippen LogP contribution in [-0.4, -0.2) is 8.42 Å². The zero-order chi connectivity index (χ0) is 13.2. The summed E-state index contributed by atoms with van der Waals surface area (Å²) in [5, 5.41) is 0.198. The molecule has 18 heavy (non-hydrogen) atoms. The van der Waals surface area contributed by atoms with Crippen LogP contribution in [0.3, 0.4) is 0 Å². The van der Waals surface area contributed by atoms with Gasteiger partial charge in [0.2, 0.25) is 10.0 Å². The van der Waals surface area contributed by atoms with Crippen molar-refractivity contribution in [2.45, 2.75) is 11.4 Å². The number of hydrogen-bond donors (Lipinski definition) is 1. The Balaban J connectivity index is 2.23. The van der Waals surface area contributed by atoms with Gasteiger partial charge in [0, 0.05) is 0 Å². The Labute approximate surface area is 115 Å². The van der Waals surface area contributed by atoms with Crippen LogP contribution in [0.15, 0.2) is 45.9 Å². The summed E-state index contributed by atoms with van der Waals surface area (Å²) in [6, 6.07) is 7.78. The highest BCUT2D eigenvalue weighted by molar-refractivity contribution is 7.89. The number of rotatable bonds is 4. The van der Waals surface area contributed by atoms with Gasteiger partial charge in [0.25, 0.3) is 0 Å². The standard InChI is InChI=1S/C11H9Cl2NO3S/c12-9-4-1-5-10(11(9)13)18(15,16)14-7-8-3-2-6-17-8/h1-6,14H,7H2. The van der Waals surface area contributed by atoms with Crippen LogP contribution in [-0.2, 0) is 16.6 Å². The van der Waals surface area contributed by atoms with Gasteiger partial charge in [-0.1, -0.05) is 29.3 Å². The molecular weight excluding hydrogens is 297 g/mol. The van der Waals surface area contributed by atoms with Crippen molar-refractivity contribution in [1.82, 2.24) is 4.72 Å². The highest BCUT2D eigenvalue weighted by Gasteiger charge is 2.19. The van der Waals surface area contributed by atoms with Gasteiger partial charge in [0.05, 0.1) is 22.9 Å². The number of sulfonamides is 1. The van der Waals surface area contributed by atoms with E-state index in [1.807, 2.05) is 0 Å². The van der Waals surface area contributed by atoms with Crippen LogP contribution in [0.4, 0.5) is 0 Å². The molecule has 0 radical (unpaired) electrons. The molecule has 2 aromatic rings. The predicted octanol–water partition coefficient (Wildman–Crippen LogP) is 3.06. The minimum Gasteiger partial charge on any atom is -0.468 e. The highest BCUT2D eigenvalue weighted by atomic mass is 35.5. The first-order chi connectivity index (χ1) is 8.50. The molecule has 2 rings (SSSR count). The average molecular weight is 306 g/mol. The third-order valence-electron chi connectivity index (χ3n) is 2.22. The molecule has 96 valence electrons. The summed E-state index contributed by atoms with van der Waals surface area (Å²) in [4.78, 5) is -0.0526. The molecule has 0 saturated heterocycles. The fraction of sp³-hybridized carbons (Fsp3) is 0.0909. The van der Waals surface area contributed by atoms with Gasteiger partial charge < -0.3 is 4.42 Å². The maximum absolute atomic E-state index is 12.0. The Morgan fingerprint density at radius 3 is 2.61 bits per heavy atom. The lowest BCUT2D eigenvalue weighted by Gasteiger charge is -2.07. The Kier molecular flexibility index (Phi) is 3.97. The van der Waals surface area contributed by atoms with Gasteiger partial charge in [0.15, 0.2) is 0 Å². The van der Waals surface area contributed by atoms with Crippen molar-refractivity contribution in [3.05, 3.63) is 52.4 Å². The SMILES string of the molecule is O=S(=O)(NCc1ccco1)c1cccc(Cl)c1Cl. The van der Waals surface area contributed by atoms with Crippen molar-refractivity contribution in [1.29, 1.82) is 0 Å². The molecule has 1 heterocycles. The van der Waals surface area contributed by atoms with Crippen molar-refractivity contribution >= 4 is 33.2 Å². The molecule has 0 spiro atoms. The van der Waals surface area contributed by atoms with E-state index in [1.165, 1.54) is 24.5 Å². The average Bonchev–Trinajstić information content (AvgIpc) is 2.83. The van der Waals surface area contributed by atoms with Gasteiger partial charge in [0.1, 0.15) is 10.7 Å². The van der Waals surface area contributed by atoms with E-state index in [0.29, 0.717) is 5.76 Å². The fourth-order valence-corrected chi connectivity index (χ4v) is 3.10. The zero-order valence-corrected chi connectivity index (χ0v) is 11.4. The lowest BCUT2D eigenvalue weighted by molar-refractivity contribution is 0.498. The van der Waals surface area contributed by atoms with Crippen LogP contribution in [0.5, 0.6) is 0 Å². The number of furan rings is 1. The second-order valence-electron chi connectivity index (χ2n) is 3.46. The van der Waals surface area contributed by atoms with E-state index in [4.69, 9.17) is 27.6 Å². The Morgan fingerprint density at radius 1 is 1.17 bits per heavy atom. The zero-order valence-electron chi connectivity index (χ0n) is 9.06. The summed E-state index contributed by atoms with van der Waals surface area (Å²) in [6.07, 6.45) is 1.47. The van der Waals surface area contributed by atoms with Crippen molar-refractivity contribution in [2.75, 3.05) is 0 Å². The van der Waals surface area contributed by atoms with Gasteiger partial charge >= 0.3 is 0 Å². The minimum atomic E-state index is -3.72. The summed E-state index contributed by atoms with van der Waals surface area (Å²) in [5.41, 5.74) is 0. The molecule has 0 bridgehead atoms. The first kappa shape index (κ1) is 13.4. The quantitative estimate of drug-likeness (QED) is 0.944. The van der Waals surface area contributed by atoms with Crippen molar-refractivity contribution in [3.63, 3.8) is 0 Å². The summed E-state index contributed by atoms with van der Waals surface area (Å²) < 4.78 is 31.4. The molecule has 0 saturated carbocycles. The van der Waals surface area contributed by atoms with Crippen LogP contribution >= 0.6 is 23.2 Å². The summed E-state index contributed by atoms with van der Waals surface area (Å²) in [6.45, 7) is 0.0537. The van der Waals surface area contributed by atoms with Crippen LogP contribution in [0.1, 0.15) is 5.76 Å². The predicted molar refractivity (Wildman–Crippen MR) is 69.2 cm³/mol. The molecule has 4 nitrogen and oxygen atoms in total. The molecule has 1 aromatic carbocycles. The van der Waals surface area contributed by atoms with E-state index in [0.717, 1.165) is 0 Å². The topological polar surface area (TPSA) is 59.3 Å². The molecule has 0 unspecified atom stereocenters.